The topological polar surface area (TPSA) is 51.0 Å². The predicted molar refractivity (Wildman–Crippen MR) is 126 cm³/mol. The highest BCUT2D eigenvalue weighted by molar-refractivity contribution is 7.99. The number of hydrogen-bond acceptors (Lipinski definition) is 4. The van der Waals surface area contributed by atoms with Crippen LogP contribution in [0.15, 0.2) is 29.4 Å². The fourth-order valence-corrected chi connectivity index (χ4v) is 8.13. The average molecular weight is 469 g/mol. The van der Waals surface area contributed by atoms with Gasteiger partial charge in [-0.05, 0) is 93.7 Å². The van der Waals surface area contributed by atoms with Gasteiger partial charge in [-0.2, -0.15) is 0 Å². The van der Waals surface area contributed by atoms with E-state index < -0.39 is 0 Å². The van der Waals surface area contributed by atoms with Crippen molar-refractivity contribution in [3.05, 3.63) is 41.5 Å². The second-order valence-electron chi connectivity index (χ2n) is 10.9. The lowest BCUT2D eigenvalue weighted by atomic mass is 9.52. The van der Waals surface area contributed by atoms with Gasteiger partial charge in [0.15, 0.2) is 5.16 Å². The third-order valence-electron chi connectivity index (χ3n) is 8.46. The molecule has 0 N–H and O–H groups in total. The van der Waals surface area contributed by atoms with E-state index in [-0.39, 0.29) is 17.3 Å². The van der Waals surface area contributed by atoms with Crippen LogP contribution in [-0.4, -0.2) is 36.9 Å². The lowest BCUT2D eigenvalue weighted by Gasteiger charge is -2.60. The zero-order valence-corrected chi connectivity index (χ0v) is 20.2. The summed E-state index contributed by atoms with van der Waals surface area (Å²) < 4.78 is 15.7. The molecule has 1 heterocycles. The molecule has 5 aliphatic carbocycles. The van der Waals surface area contributed by atoms with E-state index in [2.05, 4.69) is 26.6 Å². The predicted octanol–water partition coefficient (Wildman–Crippen LogP) is 5.40. The second-order valence-corrected chi connectivity index (χ2v) is 11.8. The minimum atomic E-state index is -0.229. The van der Waals surface area contributed by atoms with Crippen LogP contribution in [0, 0.1) is 23.6 Å². The van der Waals surface area contributed by atoms with Crippen LogP contribution in [-0.2, 0) is 17.9 Å². The van der Waals surface area contributed by atoms with E-state index >= 15 is 0 Å². The Morgan fingerprint density at radius 2 is 1.73 bits per heavy atom. The van der Waals surface area contributed by atoms with Crippen molar-refractivity contribution in [1.29, 1.82) is 0 Å². The zero-order valence-electron chi connectivity index (χ0n) is 19.4. The molecular formula is C26H33FN4OS. The molecule has 4 bridgehead atoms. The van der Waals surface area contributed by atoms with Crippen LogP contribution in [0.1, 0.15) is 75.6 Å². The van der Waals surface area contributed by atoms with Crippen molar-refractivity contribution in [1.82, 2.24) is 19.7 Å². The maximum absolute atomic E-state index is 13.8. The number of nitrogens with zero attached hydrogens (tertiary/aromatic N) is 4. The fourth-order valence-electron chi connectivity index (χ4n) is 7.24. The van der Waals surface area contributed by atoms with E-state index in [4.69, 9.17) is 0 Å². The van der Waals surface area contributed by atoms with Gasteiger partial charge in [0.05, 0.1) is 5.75 Å². The molecule has 1 aromatic carbocycles. The molecule has 5 aliphatic rings. The van der Waals surface area contributed by atoms with Crippen molar-refractivity contribution in [2.75, 3.05) is 5.75 Å². The Bertz CT molecular complexity index is 996. The van der Waals surface area contributed by atoms with Crippen molar-refractivity contribution in [2.24, 2.45) is 17.8 Å². The Balaban J connectivity index is 1.24. The number of carbonyl (C=O) groups excluding carboxylic acids is 1. The second kappa shape index (κ2) is 8.40. The van der Waals surface area contributed by atoms with Gasteiger partial charge in [0.25, 0.3) is 0 Å². The first-order valence-corrected chi connectivity index (χ1v) is 13.6. The van der Waals surface area contributed by atoms with Crippen LogP contribution in [0.5, 0.6) is 0 Å². The Morgan fingerprint density at radius 3 is 2.30 bits per heavy atom. The van der Waals surface area contributed by atoms with Crippen molar-refractivity contribution < 1.29 is 9.18 Å². The van der Waals surface area contributed by atoms with Crippen LogP contribution in [0.25, 0.3) is 0 Å². The smallest absolute Gasteiger partial charge is 0.233 e. The maximum Gasteiger partial charge on any atom is 0.233 e. The normalized spacial score (nSPS) is 30.1. The number of thioether (sulfide) groups is 1. The van der Waals surface area contributed by atoms with Gasteiger partial charge in [0.1, 0.15) is 11.6 Å². The van der Waals surface area contributed by atoms with Gasteiger partial charge in [0, 0.05) is 24.5 Å². The molecule has 0 aliphatic heterocycles. The highest BCUT2D eigenvalue weighted by Gasteiger charge is 2.54. The average Bonchev–Trinajstić information content (AvgIpc) is 3.55. The van der Waals surface area contributed by atoms with Crippen molar-refractivity contribution >= 4 is 17.7 Å². The summed E-state index contributed by atoms with van der Waals surface area (Å²) in [6, 6.07) is 6.68. The molecule has 5 saturated carbocycles. The highest BCUT2D eigenvalue weighted by atomic mass is 32.2. The quantitative estimate of drug-likeness (QED) is 0.487. The van der Waals surface area contributed by atoms with Crippen molar-refractivity contribution in [3.8, 4) is 0 Å². The molecule has 0 spiro atoms. The van der Waals surface area contributed by atoms with Crippen LogP contribution >= 0.6 is 11.8 Å². The lowest BCUT2D eigenvalue weighted by Crippen LogP contribution is -2.61. The third-order valence-corrected chi connectivity index (χ3v) is 9.41. The number of halogens is 1. The van der Waals surface area contributed by atoms with Gasteiger partial charge in [-0.15, -0.1) is 10.2 Å². The van der Waals surface area contributed by atoms with E-state index in [1.54, 1.807) is 0 Å². The summed E-state index contributed by atoms with van der Waals surface area (Å²) in [5, 5.41) is 9.72. The van der Waals surface area contributed by atoms with E-state index in [0.29, 0.717) is 18.2 Å². The monoisotopic (exact) mass is 468 g/mol. The van der Waals surface area contributed by atoms with Crippen LogP contribution < -0.4 is 0 Å². The minimum absolute atomic E-state index is 0.0294. The highest BCUT2D eigenvalue weighted by Crippen LogP contribution is 2.58. The van der Waals surface area contributed by atoms with Crippen LogP contribution in [0.3, 0.4) is 0 Å². The van der Waals surface area contributed by atoms with Gasteiger partial charge in [-0.25, -0.2) is 4.39 Å². The molecule has 7 heteroatoms. The molecule has 5 nitrogen and oxygen atoms in total. The number of carbonyl (C=O) groups is 1. The van der Waals surface area contributed by atoms with Gasteiger partial charge in [0.2, 0.25) is 5.91 Å². The molecule has 0 unspecified atom stereocenters. The van der Waals surface area contributed by atoms with E-state index in [9.17, 15) is 9.18 Å². The first-order valence-electron chi connectivity index (χ1n) is 12.6. The molecule has 2 aromatic rings. The number of hydrogen-bond donors (Lipinski definition) is 0. The number of amides is 1. The molecule has 0 radical (unpaired) electrons. The Morgan fingerprint density at radius 1 is 1.09 bits per heavy atom. The molecule has 1 amide bonds. The van der Waals surface area contributed by atoms with Crippen LogP contribution in [0.2, 0.25) is 0 Å². The molecule has 5 fully saturated rings. The Labute approximate surface area is 199 Å². The maximum atomic E-state index is 13.8. The summed E-state index contributed by atoms with van der Waals surface area (Å²) in [4.78, 5) is 16.0. The summed E-state index contributed by atoms with van der Waals surface area (Å²) in [7, 11) is 0. The standard InChI is InChI=1S/C26H33FN4OS/c1-2-30-24(21-5-6-21)28-29-25(30)33-16-23(32)31(15-17-3-7-22(27)8-4-17)26-12-18-9-19(13-26)11-20(10-18)14-26/h3-4,7-8,18-21H,2,5-6,9-16H2,1H3. The number of aromatic nitrogens is 3. The van der Waals surface area contributed by atoms with E-state index in [1.165, 1.54) is 56.0 Å². The molecule has 0 atom stereocenters. The summed E-state index contributed by atoms with van der Waals surface area (Å²) in [5.74, 6) is 4.25. The molecule has 33 heavy (non-hydrogen) atoms. The van der Waals surface area contributed by atoms with E-state index in [0.717, 1.165) is 60.1 Å². The molecule has 7 rings (SSSR count). The van der Waals surface area contributed by atoms with Crippen LogP contribution in [0.4, 0.5) is 4.39 Å². The number of rotatable bonds is 8. The summed E-state index contributed by atoms with van der Waals surface area (Å²) in [6.45, 7) is 3.53. The van der Waals surface area contributed by atoms with Gasteiger partial charge < -0.3 is 9.47 Å². The van der Waals surface area contributed by atoms with Crippen molar-refractivity contribution in [3.63, 3.8) is 0 Å². The third kappa shape index (κ3) is 4.11. The Hall–Kier alpha value is -1.89. The zero-order chi connectivity index (χ0) is 22.6. The van der Waals surface area contributed by atoms with Gasteiger partial charge in [-0.1, -0.05) is 23.9 Å². The molecule has 176 valence electrons. The summed E-state index contributed by atoms with van der Waals surface area (Å²) in [5.41, 5.74) is 0.983. The molecule has 0 saturated heterocycles. The summed E-state index contributed by atoms with van der Waals surface area (Å²) >= 11 is 1.53. The summed E-state index contributed by atoms with van der Waals surface area (Å²) in [6.07, 6.45) is 9.81. The molecule has 1 aromatic heterocycles. The largest absolute Gasteiger partial charge is 0.332 e. The van der Waals surface area contributed by atoms with Crippen molar-refractivity contribution in [2.45, 2.75) is 88.0 Å². The number of benzene rings is 1. The first kappa shape index (κ1) is 21.6. The van der Waals surface area contributed by atoms with E-state index in [1.807, 2.05) is 12.1 Å². The minimum Gasteiger partial charge on any atom is -0.332 e. The first-order chi connectivity index (χ1) is 16.0. The Kier molecular flexibility index (Phi) is 5.51. The van der Waals surface area contributed by atoms with Gasteiger partial charge >= 0.3 is 0 Å². The molecular weight excluding hydrogens is 435 g/mol. The van der Waals surface area contributed by atoms with Gasteiger partial charge in [-0.3, -0.25) is 4.79 Å². The lowest BCUT2D eigenvalue weighted by molar-refractivity contribution is -0.149. The fraction of sp³-hybridized carbons (Fsp3) is 0.654. The SMILES string of the molecule is CCn1c(SCC(=O)N(Cc2ccc(F)cc2)C23CC4CC(CC(C4)C2)C3)nnc1C1CC1.